The van der Waals surface area contributed by atoms with Crippen molar-refractivity contribution in [3.05, 3.63) is 59.2 Å². The maximum Gasteiger partial charge on any atom is 0.416 e. The van der Waals surface area contributed by atoms with E-state index in [9.17, 15) is 32.7 Å². The number of aliphatic carboxylic acids is 1. The molecule has 0 atom stereocenters. The van der Waals surface area contributed by atoms with Crippen LogP contribution in [0.1, 0.15) is 65.3 Å². The number of nitrogens with one attached hydrogen (secondary N) is 1. The molecule has 8 heteroatoms. The second-order valence-corrected chi connectivity index (χ2v) is 8.19. The third kappa shape index (κ3) is 4.84. The van der Waals surface area contributed by atoms with E-state index in [1.165, 1.54) is 30.3 Å². The number of alkyl halides is 3. The topological polar surface area (TPSA) is 83.5 Å². The Labute approximate surface area is 183 Å². The van der Waals surface area contributed by atoms with E-state index in [1.807, 2.05) is 6.92 Å². The van der Waals surface area contributed by atoms with Gasteiger partial charge < -0.3 is 10.4 Å². The summed E-state index contributed by atoms with van der Waals surface area (Å²) in [6, 6.07) is 8.51. The number of rotatable bonds is 6. The van der Waals surface area contributed by atoms with Gasteiger partial charge in [0.25, 0.3) is 5.91 Å². The first-order chi connectivity index (χ1) is 15.1. The zero-order valence-electron chi connectivity index (χ0n) is 17.5. The van der Waals surface area contributed by atoms with Gasteiger partial charge in [0, 0.05) is 11.1 Å². The maximum absolute atomic E-state index is 13.1. The number of hydrogen-bond acceptors (Lipinski definition) is 3. The van der Waals surface area contributed by atoms with Crippen LogP contribution in [0.15, 0.2) is 42.5 Å². The fraction of sp³-hybridized carbons (Fsp3) is 0.375. The van der Waals surface area contributed by atoms with E-state index in [-0.39, 0.29) is 22.3 Å². The second-order valence-electron chi connectivity index (χ2n) is 8.19. The number of carbonyl (C=O) groups excluding carboxylic acids is 2. The summed E-state index contributed by atoms with van der Waals surface area (Å²) in [5.41, 5.74) is -1.77. The highest BCUT2D eigenvalue weighted by molar-refractivity contribution is 6.00. The van der Waals surface area contributed by atoms with Crippen LogP contribution < -0.4 is 5.32 Å². The van der Waals surface area contributed by atoms with Crippen LogP contribution in [-0.2, 0) is 11.0 Å². The summed E-state index contributed by atoms with van der Waals surface area (Å²) in [5, 5.41) is 12.4. The van der Waals surface area contributed by atoms with Gasteiger partial charge >= 0.3 is 12.1 Å². The van der Waals surface area contributed by atoms with E-state index in [2.05, 4.69) is 5.32 Å². The Morgan fingerprint density at radius 1 is 1.16 bits per heavy atom. The summed E-state index contributed by atoms with van der Waals surface area (Å²) in [7, 11) is 0. The SMILES string of the molecule is CCC1CCC(NC(=O)c2ccc(C=O)c(-c3cccc(C(F)(F)F)c3)c2)(C(=O)O)CC1. The molecule has 0 bridgehead atoms. The Bertz CT molecular complexity index is 1020. The molecule has 1 saturated carbocycles. The first-order valence-electron chi connectivity index (χ1n) is 10.4. The van der Waals surface area contributed by atoms with Gasteiger partial charge in [0.05, 0.1) is 5.56 Å². The van der Waals surface area contributed by atoms with Crippen LogP contribution in [0.25, 0.3) is 11.1 Å². The van der Waals surface area contributed by atoms with Gasteiger partial charge in [0.15, 0.2) is 6.29 Å². The lowest BCUT2D eigenvalue weighted by molar-refractivity contribution is -0.146. The molecule has 1 aliphatic rings. The van der Waals surface area contributed by atoms with Crippen LogP contribution >= 0.6 is 0 Å². The summed E-state index contributed by atoms with van der Waals surface area (Å²) >= 11 is 0. The van der Waals surface area contributed by atoms with Gasteiger partial charge in [-0.25, -0.2) is 4.79 Å². The van der Waals surface area contributed by atoms with E-state index in [1.54, 1.807) is 0 Å². The van der Waals surface area contributed by atoms with Gasteiger partial charge in [-0.05, 0) is 67.0 Å². The molecule has 1 amide bonds. The Kier molecular flexibility index (Phi) is 6.71. The summed E-state index contributed by atoms with van der Waals surface area (Å²) < 4.78 is 39.3. The predicted molar refractivity (Wildman–Crippen MR) is 112 cm³/mol. The number of hydrogen-bond donors (Lipinski definition) is 2. The van der Waals surface area contributed by atoms with Crippen LogP contribution in [0.2, 0.25) is 0 Å². The van der Waals surface area contributed by atoms with Crippen molar-refractivity contribution in [3.63, 3.8) is 0 Å². The van der Waals surface area contributed by atoms with Gasteiger partial charge in [0.2, 0.25) is 0 Å². The number of benzene rings is 2. The molecular formula is C24H24F3NO4. The van der Waals surface area contributed by atoms with E-state index in [0.29, 0.717) is 37.9 Å². The predicted octanol–water partition coefficient (Wildman–Crippen LogP) is 5.34. The van der Waals surface area contributed by atoms with Crippen molar-refractivity contribution >= 4 is 18.2 Å². The molecule has 0 spiro atoms. The van der Waals surface area contributed by atoms with Crippen molar-refractivity contribution in [3.8, 4) is 11.1 Å². The van der Waals surface area contributed by atoms with Gasteiger partial charge in [-0.2, -0.15) is 13.2 Å². The third-order valence-corrected chi connectivity index (χ3v) is 6.24. The molecule has 170 valence electrons. The molecule has 1 fully saturated rings. The Hall–Kier alpha value is -3.16. The van der Waals surface area contributed by atoms with Crippen LogP contribution in [0.3, 0.4) is 0 Å². The number of halogens is 3. The molecule has 0 heterocycles. The highest BCUT2D eigenvalue weighted by Gasteiger charge is 2.43. The molecular weight excluding hydrogens is 423 g/mol. The fourth-order valence-electron chi connectivity index (χ4n) is 4.17. The normalized spacial score (nSPS) is 21.1. The quantitative estimate of drug-likeness (QED) is 0.586. The summed E-state index contributed by atoms with van der Waals surface area (Å²) in [6.07, 6.45) is -1.14. The number of aldehydes is 1. The Morgan fingerprint density at radius 3 is 2.41 bits per heavy atom. The number of carbonyl (C=O) groups is 3. The van der Waals surface area contributed by atoms with Gasteiger partial charge in [-0.1, -0.05) is 31.5 Å². The van der Waals surface area contributed by atoms with E-state index in [0.717, 1.165) is 18.6 Å². The van der Waals surface area contributed by atoms with Gasteiger partial charge in [-0.3, -0.25) is 9.59 Å². The van der Waals surface area contributed by atoms with Crippen molar-refractivity contribution in [2.24, 2.45) is 5.92 Å². The zero-order valence-corrected chi connectivity index (χ0v) is 17.5. The molecule has 0 aliphatic heterocycles. The fourth-order valence-corrected chi connectivity index (χ4v) is 4.17. The lowest BCUT2D eigenvalue weighted by Crippen LogP contribution is -2.56. The second kappa shape index (κ2) is 9.14. The minimum Gasteiger partial charge on any atom is -0.480 e. The largest absolute Gasteiger partial charge is 0.480 e. The summed E-state index contributed by atoms with van der Waals surface area (Å²) in [6.45, 7) is 2.04. The molecule has 32 heavy (non-hydrogen) atoms. The van der Waals surface area contributed by atoms with Crippen LogP contribution in [-0.4, -0.2) is 28.8 Å². The molecule has 2 aromatic carbocycles. The molecule has 0 radical (unpaired) electrons. The molecule has 0 saturated heterocycles. The lowest BCUT2D eigenvalue weighted by Gasteiger charge is -2.37. The summed E-state index contributed by atoms with van der Waals surface area (Å²) in [5.74, 6) is -1.34. The lowest BCUT2D eigenvalue weighted by atomic mass is 9.75. The van der Waals surface area contributed by atoms with Gasteiger partial charge in [0.1, 0.15) is 5.54 Å². The summed E-state index contributed by atoms with van der Waals surface area (Å²) in [4.78, 5) is 36.4. The highest BCUT2D eigenvalue weighted by Crippen LogP contribution is 2.35. The van der Waals surface area contributed by atoms with E-state index in [4.69, 9.17) is 0 Å². The molecule has 5 nitrogen and oxygen atoms in total. The first-order valence-corrected chi connectivity index (χ1v) is 10.4. The number of carboxylic acid groups (broad SMARTS) is 1. The van der Waals surface area contributed by atoms with Crippen molar-refractivity contribution in [2.75, 3.05) is 0 Å². The number of amides is 1. The smallest absolute Gasteiger partial charge is 0.416 e. The molecule has 0 aromatic heterocycles. The van der Waals surface area contributed by atoms with Crippen LogP contribution in [0, 0.1) is 5.92 Å². The monoisotopic (exact) mass is 447 g/mol. The maximum atomic E-state index is 13.1. The third-order valence-electron chi connectivity index (χ3n) is 6.24. The Balaban J connectivity index is 1.93. The molecule has 3 rings (SSSR count). The Morgan fingerprint density at radius 2 is 1.84 bits per heavy atom. The molecule has 2 N–H and O–H groups in total. The van der Waals surface area contributed by atoms with Crippen molar-refractivity contribution < 1.29 is 32.7 Å². The molecule has 0 unspecified atom stereocenters. The molecule has 1 aliphatic carbocycles. The minimum absolute atomic E-state index is 0.0706. The van der Waals surface area contributed by atoms with E-state index < -0.39 is 29.2 Å². The zero-order chi connectivity index (χ0) is 23.5. The van der Waals surface area contributed by atoms with Crippen molar-refractivity contribution in [1.82, 2.24) is 5.32 Å². The van der Waals surface area contributed by atoms with Crippen LogP contribution in [0.4, 0.5) is 13.2 Å². The first kappa shape index (κ1) is 23.5. The highest BCUT2D eigenvalue weighted by atomic mass is 19.4. The minimum atomic E-state index is -4.56. The number of carboxylic acids is 1. The van der Waals surface area contributed by atoms with Crippen molar-refractivity contribution in [1.29, 1.82) is 0 Å². The van der Waals surface area contributed by atoms with Crippen molar-refractivity contribution in [2.45, 2.75) is 50.7 Å². The molecule has 2 aromatic rings. The van der Waals surface area contributed by atoms with Gasteiger partial charge in [-0.15, -0.1) is 0 Å². The standard InChI is InChI=1S/C24H24F3NO4/c1-2-15-8-10-23(11-9-15,22(31)32)28-21(30)17-6-7-18(14-29)20(13-17)16-4-3-5-19(12-16)24(25,26)27/h3-7,12-15H,2,8-11H2,1H3,(H,28,30)(H,31,32). The average molecular weight is 447 g/mol. The van der Waals surface area contributed by atoms with E-state index >= 15 is 0 Å². The average Bonchev–Trinajstić information content (AvgIpc) is 2.78. The van der Waals surface area contributed by atoms with Crippen LogP contribution in [0.5, 0.6) is 0 Å².